The predicted octanol–water partition coefficient (Wildman–Crippen LogP) is 9.43. The normalized spacial score (nSPS) is 23.6. The lowest BCUT2D eigenvalue weighted by atomic mass is 9.55. The van der Waals surface area contributed by atoms with Crippen molar-refractivity contribution in [3.05, 3.63) is 106 Å². The third kappa shape index (κ3) is 10.3. The highest BCUT2D eigenvalue weighted by Crippen LogP contribution is 2.62. The molecule has 2 aliphatic carbocycles. The molecule has 4 aliphatic rings. The van der Waals surface area contributed by atoms with Crippen LogP contribution >= 0.6 is 11.6 Å². The first-order valence-electron chi connectivity index (χ1n) is 22.0. The molecular weight excluding hydrogens is 846 g/mol. The van der Waals surface area contributed by atoms with Crippen LogP contribution in [-0.4, -0.2) is 88.4 Å². The molecule has 16 heteroatoms. The van der Waals surface area contributed by atoms with Gasteiger partial charge in [-0.15, -0.1) is 18.2 Å². The van der Waals surface area contributed by atoms with Gasteiger partial charge < -0.3 is 43.5 Å². The van der Waals surface area contributed by atoms with Crippen molar-refractivity contribution in [2.24, 2.45) is 22.9 Å². The number of nitrogens with zero attached hydrogens (tertiary/aromatic N) is 3. The highest BCUT2D eigenvalue weighted by atomic mass is 35.5. The summed E-state index contributed by atoms with van der Waals surface area (Å²) in [5, 5.41) is 36.5. The summed E-state index contributed by atoms with van der Waals surface area (Å²) in [6.45, 7) is 10.0. The molecule has 1 saturated carbocycles. The summed E-state index contributed by atoms with van der Waals surface area (Å²) in [4.78, 5) is 33.7. The van der Waals surface area contributed by atoms with Gasteiger partial charge in [0.1, 0.15) is 35.5 Å². The number of alkyl halides is 1. The van der Waals surface area contributed by atoms with Gasteiger partial charge >= 0.3 is 6.09 Å². The number of ether oxygens (including phenoxy) is 6. The van der Waals surface area contributed by atoms with E-state index in [1.54, 1.807) is 35.2 Å². The molecule has 64 heavy (non-hydrogen) atoms. The molecule has 3 aromatic carbocycles. The van der Waals surface area contributed by atoms with Gasteiger partial charge in [-0.2, -0.15) is 0 Å². The summed E-state index contributed by atoms with van der Waals surface area (Å²) < 4.78 is 37.9. The van der Waals surface area contributed by atoms with Crippen LogP contribution in [0.1, 0.15) is 82.8 Å². The van der Waals surface area contributed by atoms with Crippen LogP contribution in [0.15, 0.2) is 90.1 Å². The molecule has 1 fully saturated rings. The van der Waals surface area contributed by atoms with Gasteiger partial charge in [0.05, 0.1) is 35.1 Å². The van der Waals surface area contributed by atoms with Crippen LogP contribution in [0.3, 0.4) is 0 Å². The molecule has 2 aliphatic heterocycles. The molecule has 6 unspecified atom stereocenters. The Morgan fingerprint density at radius 2 is 1.77 bits per heavy atom. The number of amides is 1. The Balaban J connectivity index is 1.46. The molecule has 0 radical (unpaired) electrons. The van der Waals surface area contributed by atoms with Gasteiger partial charge in [0, 0.05) is 43.7 Å². The number of fused-ring (bicyclic) bond motifs is 3. The number of aliphatic hydroxyl groups excluding tert-OH is 2. The van der Waals surface area contributed by atoms with Gasteiger partial charge in [-0.05, 0) is 106 Å². The standard InChI is InChI=1S/C48H58ClN3O12/c1-5-22-61-48-43(51(46(55)58-23-19-49)29-31-15-17-41-42(24-31)60-30-59-41)28-39(50-64-47(2,3)4)37-25-32(11-6-8-20-53)36(14-7-9-21-54)44(45(37)48)38-27-35(16-18-40(38)63-48)62-34-13-10-12-33(26-34)52(56)57/h5,10,12-13,15-18,24-27,32,36,43-45,53-54H,1,6-9,11,14,19-23,28-30H2,2-4H3. The fraction of sp³-hybridized carbons (Fsp3) is 0.500. The number of benzene rings is 3. The quantitative estimate of drug-likeness (QED) is 0.0361. The Morgan fingerprint density at radius 3 is 2.50 bits per heavy atom. The van der Waals surface area contributed by atoms with E-state index in [9.17, 15) is 25.1 Å². The second kappa shape index (κ2) is 20.7. The Kier molecular flexibility index (Phi) is 15.0. The molecule has 1 amide bonds. The largest absolute Gasteiger partial charge is 0.459 e. The lowest BCUT2D eigenvalue weighted by molar-refractivity contribution is -0.384. The van der Waals surface area contributed by atoms with Crippen LogP contribution < -0.4 is 18.9 Å². The van der Waals surface area contributed by atoms with Crippen LogP contribution in [0.4, 0.5) is 10.5 Å². The second-order valence-electron chi connectivity index (χ2n) is 17.5. The number of hydrogen-bond acceptors (Lipinski definition) is 13. The topological polar surface area (TPSA) is 181 Å². The van der Waals surface area contributed by atoms with Crippen molar-refractivity contribution in [2.75, 3.05) is 39.1 Å². The number of rotatable bonds is 20. The molecule has 0 bridgehead atoms. The van der Waals surface area contributed by atoms with Crippen LogP contribution in [0, 0.1) is 27.9 Å². The Hall–Kier alpha value is -5.35. The van der Waals surface area contributed by atoms with E-state index in [1.807, 2.05) is 45.0 Å². The van der Waals surface area contributed by atoms with Crippen molar-refractivity contribution < 1.29 is 53.2 Å². The molecule has 0 spiro atoms. The monoisotopic (exact) mass is 903 g/mol. The fourth-order valence-corrected chi connectivity index (χ4v) is 9.52. The lowest BCUT2D eigenvalue weighted by Crippen LogP contribution is -2.70. The smallest absolute Gasteiger partial charge is 0.410 e. The highest BCUT2D eigenvalue weighted by molar-refractivity contribution is 6.18. The lowest BCUT2D eigenvalue weighted by Gasteiger charge is -2.60. The molecule has 6 atom stereocenters. The zero-order chi connectivity index (χ0) is 45.4. The SMILES string of the molecule is C=CCOC12Oc3ccc(Oc4cccc([N+](=O)[O-])c4)cc3C3C(CCCCO)C(CCCCO)C=C(C(=NOC(C)(C)C)CC1N(Cc1ccc4c(c1)OCO4)C(=O)OCCCl)C32. The Morgan fingerprint density at radius 1 is 1.02 bits per heavy atom. The van der Waals surface area contributed by atoms with Crippen LogP contribution in [-0.2, 0) is 20.9 Å². The summed E-state index contributed by atoms with van der Waals surface area (Å²) in [5.41, 5.74) is 2.26. The van der Waals surface area contributed by atoms with Crippen molar-refractivity contribution >= 4 is 29.1 Å². The number of aliphatic hydroxyl groups is 2. The first-order valence-corrected chi connectivity index (χ1v) is 22.5. The van der Waals surface area contributed by atoms with E-state index in [-0.39, 0.29) is 75.5 Å². The number of carbonyl (C=O) groups is 1. The molecule has 3 aromatic rings. The van der Waals surface area contributed by atoms with E-state index in [4.69, 9.17) is 50.0 Å². The van der Waals surface area contributed by atoms with E-state index in [0.29, 0.717) is 47.3 Å². The van der Waals surface area contributed by atoms with Crippen molar-refractivity contribution in [1.82, 2.24) is 4.90 Å². The van der Waals surface area contributed by atoms with E-state index in [2.05, 4.69) is 12.7 Å². The number of halogens is 1. The first kappa shape index (κ1) is 46.6. The summed E-state index contributed by atoms with van der Waals surface area (Å²) in [7, 11) is 0. The molecule has 0 saturated heterocycles. The third-order valence-electron chi connectivity index (χ3n) is 12.0. The van der Waals surface area contributed by atoms with Crippen molar-refractivity contribution in [3.8, 4) is 28.7 Å². The van der Waals surface area contributed by atoms with Gasteiger partial charge in [-0.1, -0.05) is 42.3 Å². The summed E-state index contributed by atoms with van der Waals surface area (Å²) in [6.07, 6.45) is 7.60. The zero-order valence-corrected chi connectivity index (χ0v) is 37.4. The van der Waals surface area contributed by atoms with Gasteiger partial charge in [0.15, 0.2) is 11.5 Å². The summed E-state index contributed by atoms with van der Waals surface area (Å²) in [6, 6.07) is 16.1. The Labute approximate surface area is 378 Å². The van der Waals surface area contributed by atoms with Crippen molar-refractivity contribution in [3.63, 3.8) is 0 Å². The molecule has 344 valence electrons. The molecular formula is C48H58ClN3O12. The van der Waals surface area contributed by atoms with Gasteiger partial charge in [0.25, 0.3) is 5.69 Å². The maximum atomic E-state index is 14.6. The average molecular weight is 904 g/mol. The second-order valence-corrected chi connectivity index (χ2v) is 17.8. The predicted molar refractivity (Wildman–Crippen MR) is 239 cm³/mol. The summed E-state index contributed by atoms with van der Waals surface area (Å²) in [5.74, 6) is -0.137. The number of hydrogen-bond donors (Lipinski definition) is 2. The van der Waals surface area contributed by atoms with Crippen LogP contribution in [0.25, 0.3) is 0 Å². The van der Waals surface area contributed by atoms with Gasteiger partial charge in [-0.3, -0.25) is 15.0 Å². The van der Waals surface area contributed by atoms with Crippen molar-refractivity contribution in [2.45, 2.75) is 95.6 Å². The zero-order valence-electron chi connectivity index (χ0n) is 36.6. The minimum absolute atomic E-state index is 0.0132. The average Bonchev–Trinajstić information content (AvgIpc) is 3.75. The maximum absolute atomic E-state index is 14.6. The van der Waals surface area contributed by atoms with E-state index < -0.39 is 34.4 Å². The number of oxime groups is 1. The van der Waals surface area contributed by atoms with Crippen molar-refractivity contribution in [1.29, 1.82) is 0 Å². The number of non-ortho nitro benzene ring substituents is 1. The van der Waals surface area contributed by atoms with E-state index >= 15 is 0 Å². The van der Waals surface area contributed by atoms with E-state index in [0.717, 1.165) is 42.4 Å². The molecule has 2 heterocycles. The molecule has 15 nitrogen and oxygen atoms in total. The van der Waals surface area contributed by atoms with Crippen LogP contribution in [0.2, 0.25) is 0 Å². The number of allylic oxidation sites excluding steroid dienone is 1. The highest BCUT2D eigenvalue weighted by Gasteiger charge is 2.66. The molecule has 2 N–H and O–H groups in total. The number of nitro groups is 1. The minimum Gasteiger partial charge on any atom is -0.459 e. The van der Waals surface area contributed by atoms with E-state index in [1.165, 1.54) is 12.1 Å². The third-order valence-corrected chi connectivity index (χ3v) is 12.2. The number of nitro benzene ring substituents is 1. The molecule has 0 aromatic heterocycles. The van der Waals surface area contributed by atoms with Gasteiger partial charge in [0.2, 0.25) is 12.6 Å². The van der Waals surface area contributed by atoms with Crippen LogP contribution in [0.5, 0.6) is 28.7 Å². The maximum Gasteiger partial charge on any atom is 0.410 e. The minimum atomic E-state index is -1.57. The summed E-state index contributed by atoms with van der Waals surface area (Å²) >= 11 is 6.11. The molecule has 7 rings (SSSR count). The Bertz CT molecular complexity index is 2210. The number of carbonyl (C=O) groups excluding carboxylic acids is 1. The number of unbranched alkanes of at least 4 members (excludes halogenated alkanes) is 2. The fourth-order valence-electron chi connectivity index (χ4n) is 9.45. The first-order chi connectivity index (χ1) is 30.9. The van der Waals surface area contributed by atoms with Gasteiger partial charge in [-0.25, -0.2) is 4.79 Å².